The van der Waals surface area contributed by atoms with Crippen molar-refractivity contribution in [3.63, 3.8) is 0 Å². The summed E-state index contributed by atoms with van der Waals surface area (Å²) in [7, 11) is 0. The number of anilines is 1. The Bertz CT molecular complexity index is 1220. The summed E-state index contributed by atoms with van der Waals surface area (Å²) in [5, 5.41) is 7.25. The molecule has 0 radical (unpaired) electrons. The van der Waals surface area contributed by atoms with Gasteiger partial charge >= 0.3 is 0 Å². The molecule has 0 aliphatic heterocycles. The second kappa shape index (κ2) is 7.43. The maximum atomic E-state index is 13.8. The van der Waals surface area contributed by atoms with Gasteiger partial charge in [-0.05, 0) is 55.0 Å². The van der Waals surface area contributed by atoms with Gasteiger partial charge in [-0.25, -0.2) is 18.9 Å². The fraction of sp³-hybridized carbons (Fsp3) is 0.182. The molecule has 4 rings (SSSR count). The zero-order valence-electron chi connectivity index (χ0n) is 16.3. The van der Waals surface area contributed by atoms with Gasteiger partial charge in [-0.2, -0.15) is 5.10 Å². The predicted octanol–water partition coefficient (Wildman–Crippen LogP) is 4.50. The molecule has 0 aliphatic rings. The largest absolute Gasteiger partial charge is 0.310 e. The van der Waals surface area contributed by atoms with Gasteiger partial charge < -0.3 is 5.32 Å². The second-order valence-electron chi connectivity index (χ2n) is 7.14. The number of pyridine rings is 1. The molecule has 0 fully saturated rings. The number of hydrogen-bond donors (Lipinski definition) is 1. The topological polar surface area (TPSA) is 72.2 Å². The molecular weight excluding hydrogens is 369 g/mol. The van der Waals surface area contributed by atoms with Crippen molar-refractivity contribution < 1.29 is 9.18 Å². The Kier molecular flexibility index (Phi) is 4.80. The maximum absolute atomic E-state index is 13.8. The summed E-state index contributed by atoms with van der Waals surface area (Å²) in [4.78, 5) is 21.0. The van der Waals surface area contributed by atoms with Gasteiger partial charge in [-0.15, -0.1) is 0 Å². The lowest BCUT2D eigenvalue weighted by molar-refractivity contribution is -0.118. The number of aromatic nitrogens is 4. The maximum Gasteiger partial charge on any atom is 0.228 e. The van der Waals surface area contributed by atoms with Crippen LogP contribution < -0.4 is 5.32 Å². The minimum absolute atomic E-state index is 0.111. The number of fused-ring (bicyclic) bond motifs is 1. The minimum Gasteiger partial charge on any atom is -0.310 e. The lowest BCUT2D eigenvalue weighted by atomic mass is 10.0. The number of benzene rings is 1. The number of amides is 1. The normalized spacial score (nSPS) is 11.2. The first kappa shape index (κ1) is 18.7. The van der Waals surface area contributed by atoms with Crippen LogP contribution in [0.1, 0.15) is 19.4 Å². The van der Waals surface area contributed by atoms with Crippen LogP contribution in [0.3, 0.4) is 0 Å². The number of nitrogens with zero attached hydrogens (tertiary/aromatic N) is 4. The number of nitrogens with one attached hydrogen (secondary N) is 1. The molecule has 0 saturated heterocycles. The van der Waals surface area contributed by atoms with Crippen molar-refractivity contribution in [2.75, 3.05) is 5.32 Å². The first-order chi connectivity index (χ1) is 13.9. The van der Waals surface area contributed by atoms with Crippen molar-refractivity contribution in [2.24, 2.45) is 5.92 Å². The third kappa shape index (κ3) is 3.59. The van der Waals surface area contributed by atoms with Gasteiger partial charge in [0.05, 0.1) is 5.69 Å². The van der Waals surface area contributed by atoms with Crippen LogP contribution in [0.15, 0.2) is 54.9 Å². The van der Waals surface area contributed by atoms with E-state index in [1.807, 2.05) is 32.0 Å². The highest BCUT2D eigenvalue weighted by molar-refractivity contribution is 5.92. The van der Waals surface area contributed by atoms with Gasteiger partial charge in [0.15, 0.2) is 5.65 Å². The van der Waals surface area contributed by atoms with Gasteiger partial charge in [0, 0.05) is 29.4 Å². The van der Waals surface area contributed by atoms with Gasteiger partial charge in [0.1, 0.15) is 17.3 Å². The van der Waals surface area contributed by atoms with Crippen LogP contribution >= 0.6 is 0 Å². The molecule has 4 aromatic rings. The summed E-state index contributed by atoms with van der Waals surface area (Å²) in [6.07, 6.45) is 3.31. The van der Waals surface area contributed by atoms with Crippen LogP contribution in [-0.4, -0.2) is 25.5 Å². The van der Waals surface area contributed by atoms with E-state index in [1.54, 1.807) is 42.0 Å². The fourth-order valence-electron chi connectivity index (χ4n) is 3.06. The number of rotatable bonds is 4. The molecule has 0 aliphatic carbocycles. The summed E-state index contributed by atoms with van der Waals surface area (Å²) < 4.78 is 15.5. The first-order valence-corrected chi connectivity index (χ1v) is 9.31. The molecule has 0 atom stereocenters. The van der Waals surface area contributed by atoms with Crippen molar-refractivity contribution in [1.29, 1.82) is 0 Å². The molecule has 0 bridgehead atoms. The minimum atomic E-state index is -0.264. The van der Waals surface area contributed by atoms with E-state index in [0.717, 1.165) is 16.8 Å². The van der Waals surface area contributed by atoms with E-state index in [4.69, 9.17) is 4.98 Å². The average Bonchev–Trinajstić information content (AvgIpc) is 3.09. The molecule has 0 saturated carbocycles. The third-order valence-corrected chi connectivity index (χ3v) is 4.63. The SMILES string of the molecule is Cc1cc(-c2nc3cccnn3c2-c2ccnc(NC(=O)C(C)C)c2)ccc1F. The van der Waals surface area contributed by atoms with Gasteiger partial charge in [0.25, 0.3) is 0 Å². The van der Waals surface area contributed by atoms with Crippen molar-refractivity contribution >= 4 is 17.4 Å². The second-order valence-corrected chi connectivity index (χ2v) is 7.14. The Balaban J connectivity index is 1.89. The summed E-state index contributed by atoms with van der Waals surface area (Å²) in [6, 6.07) is 12.2. The van der Waals surface area contributed by atoms with E-state index in [9.17, 15) is 9.18 Å². The van der Waals surface area contributed by atoms with E-state index >= 15 is 0 Å². The summed E-state index contributed by atoms with van der Waals surface area (Å²) in [6.45, 7) is 5.36. The van der Waals surface area contributed by atoms with Crippen molar-refractivity contribution in [3.05, 3.63) is 66.2 Å². The van der Waals surface area contributed by atoms with E-state index in [1.165, 1.54) is 6.07 Å². The molecule has 1 aromatic carbocycles. The van der Waals surface area contributed by atoms with Crippen molar-refractivity contribution in [3.8, 4) is 22.5 Å². The lowest BCUT2D eigenvalue weighted by Crippen LogP contribution is -2.18. The molecule has 0 spiro atoms. The van der Waals surface area contributed by atoms with Crippen molar-refractivity contribution in [2.45, 2.75) is 20.8 Å². The van der Waals surface area contributed by atoms with Gasteiger partial charge in [-0.3, -0.25) is 4.79 Å². The molecule has 29 heavy (non-hydrogen) atoms. The predicted molar refractivity (Wildman–Crippen MR) is 110 cm³/mol. The van der Waals surface area contributed by atoms with Crippen molar-refractivity contribution in [1.82, 2.24) is 19.6 Å². The van der Waals surface area contributed by atoms with Crippen LogP contribution in [0.5, 0.6) is 0 Å². The average molecular weight is 389 g/mol. The lowest BCUT2D eigenvalue weighted by Gasteiger charge is -2.10. The molecule has 3 heterocycles. The smallest absolute Gasteiger partial charge is 0.228 e. The van der Waals surface area contributed by atoms with Crippen LogP contribution in [0.2, 0.25) is 0 Å². The van der Waals surface area contributed by atoms with E-state index in [-0.39, 0.29) is 17.6 Å². The van der Waals surface area contributed by atoms with Crippen LogP contribution in [-0.2, 0) is 4.79 Å². The quantitative estimate of drug-likeness (QED) is 0.558. The number of carbonyl (C=O) groups is 1. The highest BCUT2D eigenvalue weighted by atomic mass is 19.1. The number of halogens is 1. The van der Waals surface area contributed by atoms with Gasteiger partial charge in [0.2, 0.25) is 5.91 Å². The molecule has 6 nitrogen and oxygen atoms in total. The Morgan fingerprint density at radius 3 is 2.69 bits per heavy atom. The Morgan fingerprint density at radius 1 is 1.10 bits per heavy atom. The molecule has 146 valence electrons. The molecule has 3 aromatic heterocycles. The summed E-state index contributed by atoms with van der Waals surface area (Å²) >= 11 is 0. The fourth-order valence-corrected chi connectivity index (χ4v) is 3.06. The summed E-state index contributed by atoms with van der Waals surface area (Å²) in [5.41, 5.74) is 4.21. The number of carbonyl (C=O) groups excluding carboxylic acids is 1. The zero-order chi connectivity index (χ0) is 20.5. The van der Waals surface area contributed by atoms with Crippen LogP contribution in [0, 0.1) is 18.7 Å². The Morgan fingerprint density at radius 2 is 1.93 bits per heavy atom. The Labute approximate surface area is 167 Å². The third-order valence-electron chi connectivity index (χ3n) is 4.63. The van der Waals surface area contributed by atoms with E-state index in [2.05, 4.69) is 15.4 Å². The number of imidazole rings is 1. The van der Waals surface area contributed by atoms with E-state index in [0.29, 0.717) is 22.7 Å². The summed E-state index contributed by atoms with van der Waals surface area (Å²) in [5.74, 6) is -0.0796. The molecule has 7 heteroatoms. The molecule has 1 amide bonds. The number of aryl methyl sites for hydroxylation is 1. The molecule has 0 unspecified atom stereocenters. The zero-order valence-corrected chi connectivity index (χ0v) is 16.3. The van der Waals surface area contributed by atoms with Gasteiger partial charge in [-0.1, -0.05) is 13.8 Å². The highest BCUT2D eigenvalue weighted by Gasteiger charge is 2.18. The number of hydrogen-bond acceptors (Lipinski definition) is 4. The highest BCUT2D eigenvalue weighted by Crippen LogP contribution is 2.33. The monoisotopic (exact) mass is 389 g/mol. The standard InChI is InChI=1S/C22H20FN5O/c1-13(2)22(29)26-18-12-16(8-10-24-18)21-20(15-6-7-17(23)14(3)11-15)27-19-5-4-9-25-28(19)21/h4-13H,1-3H3,(H,24,26,29). The van der Waals surface area contributed by atoms with E-state index < -0.39 is 0 Å². The van der Waals surface area contributed by atoms with Crippen LogP contribution in [0.4, 0.5) is 10.2 Å². The first-order valence-electron chi connectivity index (χ1n) is 9.31. The van der Waals surface area contributed by atoms with Crippen LogP contribution in [0.25, 0.3) is 28.2 Å². The Hall–Kier alpha value is -3.61. The molecule has 1 N–H and O–H groups in total. The molecular formula is C22H20FN5O.